The smallest absolute Gasteiger partial charge is 0.180 e. The number of hydrogen-bond donors (Lipinski definition) is 2. The standard InChI is InChI=1S/C7H8BrN5/c8-6-3-5(9)4-10-7(6)13-11-1-2-12-13/h1,3-4,12H,2,9H2. The molecule has 5 nitrogen and oxygen atoms in total. The lowest BCUT2D eigenvalue weighted by Crippen LogP contribution is -2.29. The fourth-order valence-corrected chi connectivity index (χ4v) is 1.56. The largest absolute Gasteiger partial charge is 0.397 e. The van der Waals surface area contributed by atoms with Crippen molar-refractivity contribution >= 4 is 33.6 Å². The predicted molar refractivity (Wildman–Crippen MR) is 55.3 cm³/mol. The number of anilines is 2. The third kappa shape index (κ3) is 1.63. The Balaban J connectivity index is 2.34. The minimum Gasteiger partial charge on any atom is -0.397 e. The highest BCUT2D eigenvalue weighted by Crippen LogP contribution is 2.24. The summed E-state index contributed by atoms with van der Waals surface area (Å²) in [5.41, 5.74) is 9.19. The number of nitrogens with two attached hydrogens (primary N) is 1. The Morgan fingerprint density at radius 2 is 2.46 bits per heavy atom. The van der Waals surface area contributed by atoms with Crippen molar-refractivity contribution in [3.63, 3.8) is 0 Å². The van der Waals surface area contributed by atoms with Gasteiger partial charge in [-0.25, -0.2) is 10.4 Å². The molecule has 13 heavy (non-hydrogen) atoms. The van der Waals surface area contributed by atoms with Gasteiger partial charge < -0.3 is 5.73 Å². The maximum absolute atomic E-state index is 5.56. The molecule has 6 heteroatoms. The van der Waals surface area contributed by atoms with Crippen molar-refractivity contribution in [1.29, 1.82) is 0 Å². The molecule has 0 aromatic carbocycles. The number of hydrazine groups is 1. The number of rotatable bonds is 1. The molecule has 0 aliphatic carbocycles. The van der Waals surface area contributed by atoms with Crippen LogP contribution in [0.2, 0.25) is 0 Å². The number of nitrogen functional groups attached to an aromatic ring is 1. The van der Waals surface area contributed by atoms with Crippen LogP contribution >= 0.6 is 15.9 Å². The maximum Gasteiger partial charge on any atom is 0.180 e. The summed E-state index contributed by atoms with van der Waals surface area (Å²) in [6.45, 7) is 0.721. The van der Waals surface area contributed by atoms with Gasteiger partial charge in [0.15, 0.2) is 5.82 Å². The zero-order valence-corrected chi connectivity index (χ0v) is 8.32. The van der Waals surface area contributed by atoms with Gasteiger partial charge in [0.1, 0.15) is 0 Å². The molecule has 0 amide bonds. The van der Waals surface area contributed by atoms with Crippen LogP contribution in [0.5, 0.6) is 0 Å². The molecule has 0 atom stereocenters. The first-order chi connectivity index (χ1) is 6.27. The van der Waals surface area contributed by atoms with Gasteiger partial charge in [0, 0.05) is 6.21 Å². The van der Waals surface area contributed by atoms with Crippen molar-refractivity contribution in [1.82, 2.24) is 10.4 Å². The van der Waals surface area contributed by atoms with Gasteiger partial charge in [-0.05, 0) is 22.0 Å². The normalized spacial score (nSPS) is 15.3. The van der Waals surface area contributed by atoms with E-state index >= 15 is 0 Å². The summed E-state index contributed by atoms with van der Waals surface area (Å²) in [4.78, 5) is 4.14. The minimum atomic E-state index is 0.624. The van der Waals surface area contributed by atoms with Crippen LogP contribution in [0.3, 0.4) is 0 Å². The Hall–Kier alpha value is -1.14. The molecular formula is C7H8BrN5. The fourth-order valence-electron chi connectivity index (χ4n) is 1.02. The van der Waals surface area contributed by atoms with Crippen molar-refractivity contribution < 1.29 is 0 Å². The molecule has 0 unspecified atom stereocenters. The van der Waals surface area contributed by atoms with E-state index in [-0.39, 0.29) is 0 Å². The Morgan fingerprint density at radius 1 is 1.62 bits per heavy atom. The lowest BCUT2D eigenvalue weighted by Gasteiger charge is -2.14. The van der Waals surface area contributed by atoms with Crippen molar-refractivity contribution in [2.45, 2.75) is 0 Å². The second kappa shape index (κ2) is 3.31. The molecule has 0 spiro atoms. The lowest BCUT2D eigenvalue weighted by molar-refractivity contribution is 0.741. The minimum absolute atomic E-state index is 0.624. The van der Waals surface area contributed by atoms with Crippen LogP contribution in [-0.4, -0.2) is 17.7 Å². The molecule has 0 saturated heterocycles. The Bertz CT molecular complexity index is 351. The summed E-state index contributed by atoms with van der Waals surface area (Å²) in [5.74, 6) is 0.711. The number of hydrazone groups is 1. The first-order valence-corrected chi connectivity index (χ1v) is 4.54. The maximum atomic E-state index is 5.56. The zero-order chi connectivity index (χ0) is 9.26. The summed E-state index contributed by atoms with van der Waals surface area (Å²) in [5, 5.41) is 5.66. The predicted octanol–water partition coefficient (Wildman–Crippen LogP) is 0.737. The molecule has 1 aliphatic heterocycles. The van der Waals surface area contributed by atoms with E-state index in [9.17, 15) is 0 Å². The van der Waals surface area contributed by atoms with Crippen molar-refractivity contribution in [3.8, 4) is 0 Å². The number of hydrogen-bond acceptors (Lipinski definition) is 5. The number of nitrogens with zero attached hydrogens (tertiary/aromatic N) is 3. The number of aromatic nitrogens is 1. The number of nitrogens with one attached hydrogen (secondary N) is 1. The van der Waals surface area contributed by atoms with E-state index in [1.807, 2.05) is 0 Å². The molecule has 1 aliphatic rings. The van der Waals surface area contributed by atoms with Crippen molar-refractivity contribution in [3.05, 3.63) is 16.7 Å². The van der Waals surface area contributed by atoms with Gasteiger partial charge in [-0.3, -0.25) is 0 Å². The van der Waals surface area contributed by atoms with E-state index in [0.29, 0.717) is 11.5 Å². The van der Waals surface area contributed by atoms with Crippen LogP contribution in [-0.2, 0) is 0 Å². The van der Waals surface area contributed by atoms with Gasteiger partial charge in [0.05, 0.1) is 22.9 Å². The average Bonchev–Trinajstić information content (AvgIpc) is 2.56. The van der Waals surface area contributed by atoms with E-state index in [2.05, 4.69) is 31.4 Å². The molecule has 0 bridgehead atoms. The van der Waals surface area contributed by atoms with Gasteiger partial charge in [0.2, 0.25) is 0 Å². The van der Waals surface area contributed by atoms with E-state index in [1.165, 1.54) is 0 Å². The monoisotopic (exact) mass is 241 g/mol. The second-order valence-electron chi connectivity index (χ2n) is 2.55. The summed E-state index contributed by atoms with van der Waals surface area (Å²) in [6, 6.07) is 1.79. The van der Waals surface area contributed by atoms with Crippen molar-refractivity contribution in [2.75, 3.05) is 17.4 Å². The van der Waals surface area contributed by atoms with Gasteiger partial charge in [-0.2, -0.15) is 10.2 Å². The molecule has 1 aromatic heterocycles. The van der Waals surface area contributed by atoms with Crippen LogP contribution in [0.15, 0.2) is 21.8 Å². The van der Waals surface area contributed by atoms with Gasteiger partial charge in [-0.15, -0.1) is 0 Å². The molecule has 0 radical (unpaired) electrons. The van der Waals surface area contributed by atoms with Crippen LogP contribution in [0.4, 0.5) is 11.5 Å². The highest BCUT2D eigenvalue weighted by Gasteiger charge is 2.12. The highest BCUT2D eigenvalue weighted by molar-refractivity contribution is 9.10. The summed E-state index contributed by atoms with van der Waals surface area (Å²) in [7, 11) is 0. The van der Waals surface area contributed by atoms with Gasteiger partial charge in [-0.1, -0.05) is 0 Å². The van der Waals surface area contributed by atoms with Crippen LogP contribution in [0.25, 0.3) is 0 Å². The molecule has 2 rings (SSSR count). The Labute approximate surface area is 83.7 Å². The number of halogens is 1. The van der Waals surface area contributed by atoms with E-state index in [4.69, 9.17) is 5.73 Å². The van der Waals surface area contributed by atoms with Crippen molar-refractivity contribution in [2.24, 2.45) is 5.10 Å². The molecule has 68 valence electrons. The van der Waals surface area contributed by atoms with Crippen LogP contribution < -0.4 is 16.3 Å². The van der Waals surface area contributed by atoms with Gasteiger partial charge >= 0.3 is 0 Å². The lowest BCUT2D eigenvalue weighted by atomic mass is 10.4. The molecule has 0 fully saturated rings. The van der Waals surface area contributed by atoms with Crippen LogP contribution in [0.1, 0.15) is 0 Å². The highest BCUT2D eigenvalue weighted by atomic mass is 79.9. The molecule has 0 saturated carbocycles. The van der Waals surface area contributed by atoms with Gasteiger partial charge in [0.25, 0.3) is 0 Å². The number of pyridine rings is 1. The molecule has 2 heterocycles. The third-order valence-electron chi connectivity index (χ3n) is 1.57. The summed E-state index contributed by atoms with van der Waals surface area (Å²) in [6.07, 6.45) is 3.36. The summed E-state index contributed by atoms with van der Waals surface area (Å²) >= 11 is 3.36. The first-order valence-electron chi connectivity index (χ1n) is 3.74. The van der Waals surface area contributed by atoms with Crippen LogP contribution in [0, 0.1) is 0 Å². The SMILES string of the molecule is Nc1cnc(N2N=CCN2)c(Br)c1. The first kappa shape index (κ1) is 8.46. The molecule has 1 aromatic rings. The molecular weight excluding hydrogens is 234 g/mol. The fraction of sp³-hybridized carbons (Fsp3) is 0.143. The average molecular weight is 242 g/mol. The third-order valence-corrected chi connectivity index (χ3v) is 2.16. The Kier molecular flexibility index (Phi) is 2.15. The topological polar surface area (TPSA) is 66.5 Å². The second-order valence-corrected chi connectivity index (χ2v) is 3.40. The summed E-state index contributed by atoms with van der Waals surface area (Å²) < 4.78 is 0.819. The Morgan fingerprint density at radius 3 is 3.08 bits per heavy atom. The van der Waals surface area contributed by atoms with E-state index in [1.54, 1.807) is 23.6 Å². The molecule has 3 N–H and O–H groups in total. The zero-order valence-electron chi connectivity index (χ0n) is 6.74. The van der Waals surface area contributed by atoms with E-state index in [0.717, 1.165) is 11.0 Å². The quantitative estimate of drug-likeness (QED) is 0.762. The van der Waals surface area contributed by atoms with E-state index < -0.39 is 0 Å².